The lowest BCUT2D eigenvalue weighted by atomic mass is 10.2. The highest BCUT2D eigenvalue weighted by atomic mass is 32.2. The largest absolute Gasteiger partial charge is 0.741 e. The Hall–Kier alpha value is -1.90. The molecule has 2 aromatic carbocycles. The summed E-state index contributed by atoms with van der Waals surface area (Å²) in [5.41, 5.74) is -5.65. The van der Waals surface area contributed by atoms with Gasteiger partial charge in [-0.3, -0.25) is 0 Å². The molecule has 0 aliphatic heterocycles. The summed E-state index contributed by atoms with van der Waals surface area (Å²) in [6, 6.07) is 21.8. The van der Waals surface area contributed by atoms with Gasteiger partial charge in [0.25, 0.3) is 0 Å². The van der Waals surface area contributed by atoms with Gasteiger partial charge in [0.15, 0.2) is 24.6 Å². The fourth-order valence-electron chi connectivity index (χ4n) is 2.11. The molecular formula is C16H13F3O3S2. The Balaban J connectivity index is 0.000000224. The van der Waals surface area contributed by atoms with Gasteiger partial charge in [0, 0.05) is 28.8 Å². The number of hydrogen-bond donors (Lipinski definition) is 0. The Kier molecular flexibility index (Phi) is 5.32. The lowest BCUT2D eigenvalue weighted by molar-refractivity contribution is -0.0517. The number of rotatable bonds is 1. The molecule has 0 bridgehead atoms. The maximum atomic E-state index is 10.7. The van der Waals surface area contributed by atoms with Gasteiger partial charge in [-0.1, -0.05) is 30.3 Å². The highest BCUT2D eigenvalue weighted by Crippen LogP contribution is 2.42. The van der Waals surface area contributed by atoms with Crippen LogP contribution in [0.25, 0.3) is 15.0 Å². The normalized spacial score (nSPS) is 12.6. The standard InChI is InChI=1S/C15H13S.CHF3O3S/c1-12-11-13-7-5-6-10-15(13)16(12)14-8-3-2-4-9-14;2-1(3,4)8(5,6)7/h2-11H,1H3;(H,5,6,7)/q+1;/p-1. The fraction of sp³-hybridized carbons (Fsp3) is 0.125. The van der Waals surface area contributed by atoms with Crippen LogP contribution in [-0.2, 0) is 10.1 Å². The molecule has 0 N–H and O–H groups in total. The Morgan fingerprint density at radius 3 is 2.00 bits per heavy atom. The number of thiophene rings is 1. The van der Waals surface area contributed by atoms with Gasteiger partial charge < -0.3 is 4.55 Å². The van der Waals surface area contributed by atoms with Crippen molar-refractivity contribution >= 4 is 30.7 Å². The summed E-state index contributed by atoms with van der Waals surface area (Å²) in [6.07, 6.45) is 0. The van der Waals surface area contributed by atoms with Gasteiger partial charge in [0.1, 0.15) is 0 Å². The second kappa shape index (κ2) is 6.92. The first-order chi connectivity index (χ1) is 11.1. The average molecular weight is 374 g/mol. The first kappa shape index (κ1) is 18.4. The van der Waals surface area contributed by atoms with Crippen molar-refractivity contribution in [2.45, 2.75) is 12.4 Å². The molecule has 128 valence electrons. The molecule has 24 heavy (non-hydrogen) atoms. The van der Waals surface area contributed by atoms with Crippen molar-refractivity contribution in [1.82, 2.24) is 0 Å². The Labute approximate surface area is 140 Å². The summed E-state index contributed by atoms with van der Waals surface area (Å²) in [5, 5.41) is 1.38. The van der Waals surface area contributed by atoms with Crippen LogP contribution in [0.15, 0.2) is 60.7 Å². The molecule has 3 rings (SSSR count). The SMILES string of the molecule is Cc1cc2ccccc2[s+]1-c1ccccc1.O=S(=O)([O-])C(F)(F)F. The Morgan fingerprint density at radius 1 is 0.958 bits per heavy atom. The monoisotopic (exact) mass is 374 g/mol. The number of aryl methyl sites for hydroxylation is 1. The summed E-state index contributed by atoms with van der Waals surface area (Å²) in [5.74, 6) is 0. The molecule has 1 aromatic heterocycles. The van der Waals surface area contributed by atoms with E-state index in [0.29, 0.717) is 0 Å². The summed E-state index contributed by atoms with van der Waals surface area (Å²) in [7, 11) is -5.94. The van der Waals surface area contributed by atoms with Gasteiger partial charge in [-0.15, -0.1) is 0 Å². The molecule has 0 saturated heterocycles. The molecule has 0 amide bonds. The zero-order valence-electron chi connectivity index (χ0n) is 12.4. The smallest absolute Gasteiger partial charge is 0.485 e. The molecule has 0 aliphatic rings. The van der Waals surface area contributed by atoms with Crippen molar-refractivity contribution in [3.8, 4) is 4.90 Å². The maximum Gasteiger partial charge on any atom is 0.485 e. The molecule has 8 heteroatoms. The minimum absolute atomic E-state index is 0.151. The number of benzene rings is 2. The van der Waals surface area contributed by atoms with Crippen molar-refractivity contribution in [1.29, 1.82) is 0 Å². The minimum Gasteiger partial charge on any atom is -0.741 e. The van der Waals surface area contributed by atoms with Gasteiger partial charge in [-0.05, 0) is 24.3 Å². The third kappa shape index (κ3) is 4.14. The zero-order valence-corrected chi connectivity index (χ0v) is 14.1. The molecule has 3 nitrogen and oxygen atoms in total. The number of halogens is 3. The lowest BCUT2D eigenvalue weighted by Crippen LogP contribution is -2.21. The number of hydrogen-bond acceptors (Lipinski definition) is 3. The molecule has 0 spiro atoms. The third-order valence-corrected chi connectivity index (χ3v) is 5.97. The molecule has 0 saturated carbocycles. The maximum absolute atomic E-state index is 10.7. The van der Waals surface area contributed by atoms with E-state index in [0.717, 1.165) is 0 Å². The van der Waals surface area contributed by atoms with Crippen molar-refractivity contribution < 1.29 is 26.1 Å². The van der Waals surface area contributed by atoms with E-state index in [9.17, 15) is 13.2 Å². The molecule has 1 heterocycles. The summed E-state index contributed by atoms with van der Waals surface area (Å²) < 4.78 is 60.4. The predicted molar refractivity (Wildman–Crippen MR) is 88.3 cm³/mol. The Morgan fingerprint density at radius 2 is 1.46 bits per heavy atom. The van der Waals surface area contributed by atoms with Crippen LogP contribution < -0.4 is 0 Å². The molecule has 1 unspecified atom stereocenters. The molecule has 1 atom stereocenters. The number of alkyl halides is 3. The van der Waals surface area contributed by atoms with E-state index in [1.54, 1.807) is 0 Å². The van der Waals surface area contributed by atoms with E-state index in [4.69, 9.17) is 13.0 Å². The topological polar surface area (TPSA) is 57.2 Å². The van der Waals surface area contributed by atoms with E-state index < -0.39 is 15.6 Å². The third-order valence-electron chi connectivity index (χ3n) is 3.08. The van der Waals surface area contributed by atoms with Crippen molar-refractivity contribution in [2.24, 2.45) is 0 Å². The van der Waals surface area contributed by atoms with Gasteiger partial charge in [-0.2, -0.15) is 13.2 Å². The van der Waals surface area contributed by atoms with Gasteiger partial charge >= 0.3 is 5.51 Å². The first-order valence-corrected chi connectivity index (χ1v) is 9.33. The molecule has 0 aliphatic carbocycles. The van der Waals surface area contributed by atoms with Crippen LogP contribution in [0.5, 0.6) is 0 Å². The van der Waals surface area contributed by atoms with Crippen molar-refractivity contribution in [3.05, 3.63) is 65.5 Å². The molecular weight excluding hydrogens is 361 g/mol. The number of fused-ring (bicyclic) bond motifs is 1. The van der Waals surface area contributed by atoms with Crippen LogP contribution >= 0.6 is 10.5 Å². The van der Waals surface area contributed by atoms with E-state index >= 15 is 0 Å². The summed E-state index contributed by atoms with van der Waals surface area (Å²) in [4.78, 5) is 2.88. The van der Waals surface area contributed by atoms with Crippen LogP contribution in [0.4, 0.5) is 13.2 Å². The van der Waals surface area contributed by atoms with E-state index in [1.165, 1.54) is 19.9 Å². The highest BCUT2D eigenvalue weighted by Gasteiger charge is 2.36. The van der Waals surface area contributed by atoms with Crippen LogP contribution in [0.2, 0.25) is 0 Å². The predicted octanol–water partition coefficient (Wildman–Crippen LogP) is 4.94. The molecule has 0 radical (unpaired) electrons. The average Bonchev–Trinajstić information content (AvgIpc) is 2.82. The van der Waals surface area contributed by atoms with Crippen LogP contribution in [0.3, 0.4) is 0 Å². The first-order valence-electron chi connectivity index (χ1n) is 6.70. The van der Waals surface area contributed by atoms with E-state index in [1.807, 2.05) is 0 Å². The quantitative estimate of drug-likeness (QED) is 0.344. The summed E-state index contributed by atoms with van der Waals surface area (Å²) in [6.45, 7) is 2.23. The minimum atomic E-state index is -6.09. The molecule has 0 fully saturated rings. The summed E-state index contributed by atoms with van der Waals surface area (Å²) >= 11 is 0. The van der Waals surface area contributed by atoms with Gasteiger partial charge in [0.2, 0.25) is 0 Å². The van der Waals surface area contributed by atoms with Gasteiger partial charge in [0.05, 0.1) is 0 Å². The van der Waals surface area contributed by atoms with Crippen LogP contribution in [-0.4, -0.2) is 18.5 Å². The molecule has 3 aromatic rings. The van der Waals surface area contributed by atoms with E-state index in [-0.39, 0.29) is 10.5 Å². The lowest BCUT2D eigenvalue weighted by Gasteiger charge is -2.08. The second-order valence-electron chi connectivity index (χ2n) is 4.81. The van der Waals surface area contributed by atoms with Crippen LogP contribution in [0, 0.1) is 6.92 Å². The zero-order chi connectivity index (χ0) is 18.0. The van der Waals surface area contributed by atoms with Crippen molar-refractivity contribution in [2.75, 3.05) is 0 Å². The Bertz CT molecular complexity index is 930. The van der Waals surface area contributed by atoms with Gasteiger partial charge in [-0.25, -0.2) is 8.42 Å². The van der Waals surface area contributed by atoms with Crippen LogP contribution in [0.1, 0.15) is 4.88 Å². The fourth-order valence-corrected chi connectivity index (χ4v) is 4.33. The second-order valence-corrected chi connectivity index (χ2v) is 8.35. The highest BCUT2D eigenvalue weighted by molar-refractivity contribution is 7.86. The van der Waals surface area contributed by atoms with E-state index in [2.05, 4.69) is 67.6 Å². The van der Waals surface area contributed by atoms with Crippen molar-refractivity contribution in [3.63, 3.8) is 0 Å².